The van der Waals surface area contributed by atoms with Crippen LogP contribution in [-0.2, 0) is 11.3 Å². The van der Waals surface area contributed by atoms with E-state index in [-0.39, 0.29) is 24.4 Å². The number of para-hydroxylation sites is 3. The molecule has 50 heavy (non-hydrogen) atoms. The van der Waals surface area contributed by atoms with Gasteiger partial charge in [0.2, 0.25) is 0 Å². The quantitative estimate of drug-likeness (QED) is 0.106. The number of aryl methyl sites for hydroxylation is 1. The summed E-state index contributed by atoms with van der Waals surface area (Å²) in [6.45, 7) is 9.60. The fourth-order valence-corrected chi connectivity index (χ4v) is 6.76. The van der Waals surface area contributed by atoms with E-state index in [1.807, 2.05) is 83.6 Å². The van der Waals surface area contributed by atoms with Crippen LogP contribution < -0.4 is 14.4 Å². The maximum Gasteiger partial charge on any atom is 0.303 e. The Morgan fingerprint density at radius 2 is 1.46 bits per heavy atom. The van der Waals surface area contributed by atoms with Gasteiger partial charge in [0.25, 0.3) is 0 Å². The Balaban J connectivity index is 1.07. The first kappa shape index (κ1) is 34.8. The van der Waals surface area contributed by atoms with E-state index >= 15 is 0 Å². The van der Waals surface area contributed by atoms with E-state index in [0.29, 0.717) is 24.1 Å². The van der Waals surface area contributed by atoms with E-state index in [2.05, 4.69) is 54.0 Å². The molecule has 0 saturated carbocycles. The van der Waals surface area contributed by atoms with Gasteiger partial charge in [-0.3, -0.25) is 14.5 Å². The second kappa shape index (κ2) is 16.5. The van der Waals surface area contributed by atoms with Crippen molar-refractivity contribution in [3.8, 4) is 11.5 Å². The molecule has 6 rings (SSSR count). The molecule has 1 aromatic heterocycles. The van der Waals surface area contributed by atoms with Gasteiger partial charge in [-0.05, 0) is 87.7 Å². The molecule has 8 heteroatoms. The third kappa shape index (κ3) is 8.74. The van der Waals surface area contributed by atoms with Crippen molar-refractivity contribution in [1.29, 1.82) is 0 Å². The number of aromatic nitrogens is 1. The van der Waals surface area contributed by atoms with Crippen molar-refractivity contribution >= 4 is 28.3 Å². The molecule has 8 nitrogen and oxygen atoms in total. The Labute approximate surface area is 294 Å². The zero-order valence-electron chi connectivity index (χ0n) is 29.0. The molecule has 0 bridgehead atoms. The molecule has 2 heterocycles. The molecule has 5 aromatic rings. The number of ketones is 1. The number of carbonyl (C=O) groups is 2. The SMILES string of the molecule is CC(C)Oc1ccccc1N1CCN(CCCC(Oc2ccc(C(=O)c3cn(CCCC(=O)O)c4ccccc34)cc2)c2ccccc2)CC1. The average Bonchev–Trinajstić information content (AvgIpc) is 3.50. The lowest BCUT2D eigenvalue weighted by Gasteiger charge is -2.37. The third-order valence-electron chi connectivity index (χ3n) is 9.27. The molecule has 1 saturated heterocycles. The van der Waals surface area contributed by atoms with E-state index in [1.165, 1.54) is 5.69 Å². The van der Waals surface area contributed by atoms with Crippen LogP contribution in [0.2, 0.25) is 0 Å². The summed E-state index contributed by atoms with van der Waals surface area (Å²) < 4.78 is 14.6. The predicted octanol–water partition coefficient (Wildman–Crippen LogP) is 8.25. The standard InChI is InChI=1S/C42H47N3O5/c1-31(2)49-40-17-9-8-16-38(40)44-28-26-43(27-29-44)24-10-18-39(32-12-4-3-5-13-32)50-34-22-20-33(21-23-34)42(48)36-30-45(25-11-19-41(46)47)37-15-7-6-14-35(36)37/h3-9,12-17,20-23,30-31,39H,10-11,18-19,24-29H2,1-2H3,(H,46,47). The summed E-state index contributed by atoms with van der Waals surface area (Å²) in [5.74, 6) is 0.787. The maximum absolute atomic E-state index is 13.7. The summed E-state index contributed by atoms with van der Waals surface area (Å²) in [6.07, 6.45) is 4.34. The van der Waals surface area contributed by atoms with Gasteiger partial charge in [0.15, 0.2) is 5.78 Å². The molecule has 4 aromatic carbocycles. The molecular formula is C42H47N3O5. The number of rotatable bonds is 16. The number of hydrogen-bond donors (Lipinski definition) is 1. The van der Waals surface area contributed by atoms with Gasteiger partial charge < -0.3 is 24.0 Å². The lowest BCUT2D eigenvalue weighted by atomic mass is 10.0. The fraction of sp³-hybridized carbons (Fsp3) is 0.333. The molecule has 1 fully saturated rings. The third-order valence-corrected chi connectivity index (χ3v) is 9.27. The van der Waals surface area contributed by atoms with Crippen LogP contribution in [0.1, 0.15) is 67.1 Å². The van der Waals surface area contributed by atoms with Crippen LogP contribution in [0.3, 0.4) is 0 Å². The number of carboxylic acids is 1. The van der Waals surface area contributed by atoms with Crippen molar-refractivity contribution in [1.82, 2.24) is 9.47 Å². The molecule has 0 aliphatic carbocycles. The van der Waals surface area contributed by atoms with Crippen LogP contribution in [0.4, 0.5) is 5.69 Å². The molecular weight excluding hydrogens is 626 g/mol. The molecule has 1 aliphatic heterocycles. The zero-order valence-corrected chi connectivity index (χ0v) is 29.0. The monoisotopic (exact) mass is 673 g/mol. The van der Waals surface area contributed by atoms with Crippen LogP contribution in [0.25, 0.3) is 10.9 Å². The van der Waals surface area contributed by atoms with Crippen LogP contribution >= 0.6 is 0 Å². The first-order chi connectivity index (χ1) is 24.4. The molecule has 1 aliphatic rings. The molecule has 0 spiro atoms. The van der Waals surface area contributed by atoms with Crippen LogP contribution in [-0.4, -0.2) is 65.2 Å². The number of benzene rings is 4. The number of aliphatic carboxylic acids is 1. The average molecular weight is 674 g/mol. The zero-order chi connectivity index (χ0) is 34.9. The number of fused-ring (bicyclic) bond motifs is 1. The Morgan fingerprint density at radius 3 is 2.20 bits per heavy atom. The number of ether oxygens (including phenoxy) is 2. The van der Waals surface area contributed by atoms with Gasteiger partial charge in [-0.15, -0.1) is 0 Å². The largest absolute Gasteiger partial charge is 0.489 e. The van der Waals surface area contributed by atoms with Crippen LogP contribution in [0, 0.1) is 0 Å². The smallest absolute Gasteiger partial charge is 0.303 e. The summed E-state index contributed by atoms with van der Waals surface area (Å²) in [5.41, 5.74) is 4.43. The van der Waals surface area contributed by atoms with E-state index in [1.54, 1.807) is 0 Å². The van der Waals surface area contributed by atoms with Gasteiger partial charge in [0.1, 0.15) is 17.6 Å². The minimum atomic E-state index is -0.820. The molecule has 1 atom stereocenters. The van der Waals surface area contributed by atoms with Crippen molar-refractivity contribution in [2.45, 2.75) is 58.3 Å². The van der Waals surface area contributed by atoms with E-state index in [9.17, 15) is 9.59 Å². The highest BCUT2D eigenvalue weighted by Gasteiger charge is 2.22. The second-order valence-corrected chi connectivity index (χ2v) is 13.2. The van der Waals surface area contributed by atoms with E-state index < -0.39 is 5.97 Å². The first-order valence-corrected chi connectivity index (χ1v) is 17.7. The fourth-order valence-electron chi connectivity index (χ4n) is 6.76. The number of piperazine rings is 1. The van der Waals surface area contributed by atoms with Crippen LogP contribution in [0.5, 0.6) is 11.5 Å². The van der Waals surface area contributed by atoms with Gasteiger partial charge >= 0.3 is 5.97 Å². The summed E-state index contributed by atoms with van der Waals surface area (Å²) in [5, 5.41) is 9.94. The van der Waals surface area contributed by atoms with Crippen molar-refractivity contribution in [2.75, 3.05) is 37.6 Å². The van der Waals surface area contributed by atoms with Gasteiger partial charge in [-0.2, -0.15) is 0 Å². The van der Waals surface area contributed by atoms with Crippen LogP contribution in [0.15, 0.2) is 109 Å². The Bertz CT molecular complexity index is 1860. The molecule has 1 unspecified atom stereocenters. The molecule has 0 amide bonds. The highest BCUT2D eigenvalue weighted by Crippen LogP contribution is 2.31. The molecule has 0 radical (unpaired) electrons. The predicted molar refractivity (Wildman–Crippen MR) is 199 cm³/mol. The number of anilines is 1. The Hall–Kier alpha value is -5.08. The van der Waals surface area contributed by atoms with Gasteiger partial charge in [0, 0.05) is 67.4 Å². The van der Waals surface area contributed by atoms with Gasteiger partial charge in [0.05, 0.1) is 11.8 Å². The number of carbonyl (C=O) groups excluding carboxylic acids is 1. The number of hydrogen-bond acceptors (Lipinski definition) is 6. The first-order valence-electron chi connectivity index (χ1n) is 17.7. The Kier molecular flexibility index (Phi) is 11.5. The summed E-state index contributed by atoms with van der Waals surface area (Å²) in [7, 11) is 0. The lowest BCUT2D eigenvalue weighted by Crippen LogP contribution is -2.46. The van der Waals surface area contributed by atoms with Gasteiger partial charge in [-0.25, -0.2) is 0 Å². The highest BCUT2D eigenvalue weighted by molar-refractivity contribution is 6.16. The Morgan fingerprint density at radius 1 is 0.760 bits per heavy atom. The van der Waals surface area contributed by atoms with E-state index in [4.69, 9.17) is 14.6 Å². The molecule has 260 valence electrons. The summed E-state index contributed by atoms with van der Waals surface area (Å²) >= 11 is 0. The minimum absolute atomic E-state index is 0.0691. The second-order valence-electron chi connectivity index (χ2n) is 13.2. The van der Waals surface area contributed by atoms with Crippen molar-refractivity contribution < 1.29 is 24.2 Å². The van der Waals surface area contributed by atoms with Crippen molar-refractivity contribution in [3.05, 3.63) is 126 Å². The molecule has 1 N–H and O–H groups in total. The summed E-state index contributed by atoms with van der Waals surface area (Å²) in [6, 6.07) is 33.9. The number of nitrogens with zero attached hydrogens (tertiary/aromatic N) is 3. The lowest BCUT2D eigenvalue weighted by molar-refractivity contribution is -0.137. The normalized spacial score (nSPS) is 14.2. The minimum Gasteiger partial charge on any atom is -0.489 e. The highest BCUT2D eigenvalue weighted by atomic mass is 16.5. The van der Waals surface area contributed by atoms with E-state index in [0.717, 1.165) is 73.5 Å². The summed E-state index contributed by atoms with van der Waals surface area (Å²) in [4.78, 5) is 29.7. The maximum atomic E-state index is 13.7. The van der Waals surface area contributed by atoms with Crippen molar-refractivity contribution in [2.24, 2.45) is 0 Å². The topological polar surface area (TPSA) is 84.2 Å². The van der Waals surface area contributed by atoms with Crippen molar-refractivity contribution in [3.63, 3.8) is 0 Å². The number of carboxylic acid groups (broad SMARTS) is 1. The van der Waals surface area contributed by atoms with Gasteiger partial charge in [-0.1, -0.05) is 60.7 Å².